The Bertz CT molecular complexity index is 834. The Morgan fingerprint density at radius 3 is 2.48 bits per heavy atom. The second-order valence-corrected chi connectivity index (χ2v) is 8.00. The molecule has 1 aliphatic rings. The first kappa shape index (κ1) is 19.2. The molecule has 0 N–H and O–H groups in total. The highest BCUT2D eigenvalue weighted by molar-refractivity contribution is 5.87. The molecule has 0 spiro atoms. The first-order valence-corrected chi connectivity index (χ1v) is 9.35. The third kappa shape index (κ3) is 4.24. The summed E-state index contributed by atoms with van der Waals surface area (Å²) in [6.45, 7) is 5.92. The highest BCUT2D eigenvalue weighted by atomic mass is 16.6. The summed E-state index contributed by atoms with van der Waals surface area (Å²) in [7, 11) is 1.36. The number of fused-ring (bicyclic) bond motifs is 1. The van der Waals surface area contributed by atoms with Crippen LogP contribution in [0.1, 0.15) is 45.1 Å². The smallest absolute Gasteiger partial charge is 0.411 e. The van der Waals surface area contributed by atoms with Crippen molar-refractivity contribution < 1.29 is 19.1 Å². The molecule has 1 fully saturated rings. The average molecular weight is 369 g/mol. The largest absolute Gasteiger partial charge is 0.467 e. The molecule has 144 valence electrons. The molecule has 1 saturated heterocycles. The number of nitrogens with zero attached hydrogens (tertiary/aromatic N) is 1. The molecule has 27 heavy (non-hydrogen) atoms. The van der Waals surface area contributed by atoms with E-state index in [1.165, 1.54) is 28.3 Å². The summed E-state index contributed by atoms with van der Waals surface area (Å²) in [4.78, 5) is 26.5. The minimum absolute atomic E-state index is 0.180. The van der Waals surface area contributed by atoms with E-state index in [4.69, 9.17) is 9.47 Å². The quantitative estimate of drug-likeness (QED) is 0.732. The molecule has 1 unspecified atom stereocenters. The number of rotatable bonds is 2. The van der Waals surface area contributed by atoms with Gasteiger partial charge in [-0.15, -0.1) is 0 Å². The zero-order chi connectivity index (χ0) is 19.6. The summed E-state index contributed by atoms with van der Waals surface area (Å²) >= 11 is 0. The van der Waals surface area contributed by atoms with Crippen LogP contribution in [0.3, 0.4) is 0 Å². The van der Waals surface area contributed by atoms with Crippen LogP contribution < -0.4 is 0 Å². The molecule has 5 heteroatoms. The number of carbonyl (C=O) groups excluding carboxylic acids is 2. The molecule has 2 atom stereocenters. The van der Waals surface area contributed by atoms with Crippen LogP contribution in [0.15, 0.2) is 42.5 Å². The van der Waals surface area contributed by atoms with Crippen molar-refractivity contribution in [3.05, 3.63) is 48.0 Å². The van der Waals surface area contributed by atoms with Gasteiger partial charge in [0.25, 0.3) is 0 Å². The molecule has 0 radical (unpaired) electrons. The van der Waals surface area contributed by atoms with Crippen LogP contribution in [-0.2, 0) is 14.3 Å². The monoisotopic (exact) mass is 369 g/mol. The summed E-state index contributed by atoms with van der Waals surface area (Å²) in [6.07, 6.45) is 0.843. The van der Waals surface area contributed by atoms with Gasteiger partial charge in [0.2, 0.25) is 0 Å². The van der Waals surface area contributed by atoms with E-state index in [0.717, 1.165) is 6.42 Å². The van der Waals surface area contributed by atoms with Crippen LogP contribution in [-0.4, -0.2) is 42.3 Å². The molecular weight excluding hydrogens is 342 g/mol. The average Bonchev–Trinajstić information content (AvgIpc) is 2.65. The number of ether oxygens (including phenoxy) is 2. The molecule has 1 aliphatic heterocycles. The fourth-order valence-electron chi connectivity index (χ4n) is 3.75. The maximum atomic E-state index is 12.6. The molecule has 3 rings (SSSR count). The van der Waals surface area contributed by atoms with Gasteiger partial charge in [-0.25, -0.2) is 9.59 Å². The topological polar surface area (TPSA) is 55.8 Å². The number of amides is 1. The van der Waals surface area contributed by atoms with Crippen LogP contribution in [0.25, 0.3) is 10.8 Å². The van der Waals surface area contributed by atoms with Gasteiger partial charge in [0.1, 0.15) is 11.6 Å². The molecular formula is C22H27NO4. The van der Waals surface area contributed by atoms with Crippen molar-refractivity contribution in [2.24, 2.45) is 0 Å². The Labute approximate surface area is 160 Å². The van der Waals surface area contributed by atoms with Crippen LogP contribution in [0.4, 0.5) is 4.79 Å². The highest BCUT2D eigenvalue weighted by Gasteiger charge is 2.39. The predicted octanol–water partition coefficient (Wildman–Crippen LogP) is 4.50. The number of methoxy groups -OCH3 is 1. The second-order valence-electron chi connectivity index (χ2n) is 8.00. The number of carbonyl (C=O) groups is 2. The Balaban J connectivity index is 1.88. The maximum Gasteiger partial charge on any atom is 0.411 e. The van der Waals surface area contributed by atoms with E-state index in [0.29, 0.717) is 13.0 Å². The van der Waals surface area contributed by atoms with Gasteiger partial charge in [-0.05, 0) is 55.9 Å². The summed E-state index contributed by atoms with van der Waals surface area (Å²) in [5.41, 5.74) is 0.607. The summed E-state index contributed by atoms with van der Waals surface area (Å²) in [5, 5.41) is 2.37. The van der Waals surface area contributed by atoms with Crippen LogP contribution in [0.2, 0.25) is 0 Å². The third-order valence-corrected chi connectivity index (χ3v) is 4.97. The number of hydrogen-bond acceptors (Lipinski definition) is 4. The molecule has 0 aromatic heterocycles. The molecule has 0 aliphatic carbocycles. The lowest BCUT2D eigenvalue weighted by molar-refractivity contribution is -0.148. The molecule has 1 heterocycles. The molecule has 0 bridgehead atoms. The zero-order valence-corrected chi connectivity index (χ0v) is 16.4. The fraction of sp³-hybridized carbons (Fsp3) is 0.455. The van der Waals surface area contributed by atoms with Crippen LogP contribution in [0.5, 0.6) is 0 Å². The van der Waals surface area contributed by atoms with Crippen molar-refractivity contribution >= 4 is 22.8 Å². The van der Waals surface area contributed by atoms with E-state index in [1.54, 1.807) is 0 Å². The summed E-state index contributed by atoms with van der Waals surface area (Å²) in [5.74, 6) is -0.218. The minimum Gasteiger partial charge on any atom is -0.467 e. The fourth-order valence-corrected chi connectivity index (χ4v) is 3.75. The Morgan fingerprint density at radius 2 is 1.78 bits per heavy atom. The lowest BCUT2D eigenvalue weighted by Crippen LogP contribution is -2.51. The lowest BCUT2D eigenvalue weighted by Gasteiger charge is -2.38. The zero-order valence-electron chi connectivity index (χ0n) is 16.4. The van der Waals surface area contributed by atoms with E-state index in [9.17, 15) is 9.59 Å². The SMILES string of the molecule is COC(=O)[C@H]1CC(c2cccc3ccccc23)CCN1C(=O)OC(C)(C)C. The van der Waals surface area contributed by atoms with E-state index >= 15 is 0 Å². The van der Waals surface area contributed by atoms with Crippen LogP contribution >= 0.6 is 0 Å². The summed E-state index contributed by atoms with van der Waals surface area (Å²) in [6, 6.07) is 13.9. The predicted molar refractivity (Wildman–Crippen MR) is 105 cm³/mol. The normalized spacial score (nSPS) is 20.4. The first-order chi connectivity index (χ1) is 12.8. The van der Waals surface area contributed by atoms with Gasteiger partial charge in [0.15, 0.2) is 0 Å². The van der Waals surface area contributed by atoms with Crippen molar-refractivity contribution in [1.29, 1.82) is 0 Å². The first-order valence-electron chi connectivity index (χ1n) is 9.35. The van der Waals surface area contributed by atoms with E-state index in [-0.39, 0.29) is 5.92 Å². The van der Waals surface area contributed by atoms with Crippen molar-refractivity contribution in [2.45, 2.75) is 51.2 Å². The van der Waals surface area contributed by atoms with Gasteiger partial charge in [-0.2, -0.15) is 0 Å². The number of hydrogen-bond donors (Lipinski definition) is 0. The second kappa shape index (κ2) is 7.59. The third-order valence-electron chi connectivity index (χ3n) is 4.97. The lowest BCUT2D eigenvalue weighted by atomic mass is 9.83. The van der Waals surface area contributed by atoms with Crippen molar-refractivity contribution in [3.63, 3.8) is 0 Å². The van der Waals surface area contributed by atoms with Gasteiger partial charge < -0.3 is 9.47 Å². The van der Waals surface area contributed by atoms with Gasteiger partial charge >= 0.3 is 12.1 Å². The highest BCUT2D eigenvalue weighted by Crippen LogP contribution is 2.36. The standard InChI is InChI=1S/C22H27NO4/c1-22(2,3)27-21(25)23-13-12-16(14-19(23)20(24)26-4)18-11-7-9-15-8-5-6-10-17(15)18/h5-11,16,19H,12-14H2,1-4H3/t16?,19-/m1/s1. The summed E-state index contributed by atoms with van der Waals surface area (Å²) < 4.78 is 10.5. The van der Waals surface area contributed by atoms with Gasteiger partial charge in [0, 0.05) is 6.54 Å². The van der Waals surface area contributed by atoms with E-state index in [1.807, 2.05) is 39.0 Å². The van der Waals surface area contributed by atoms with Crippen molar-refractivity contribution in [3.8, 4) is 0 Å². The molecule has 2 aromatic rings. The molecule has 2 aromatic carbocycles. The Hall–Kier alpha value is -2.56. The Kier molecular flexibility index (Phi) is 5.40. The van der Waals surface area contributed by atoms with Crippen LogP contribution in [0, 0.1) is 0 Å². The van der Waals surface area contributed by atoms with E-state index < -0.39 is 23.7 Å². The van der Waals surface area contributed by atoms with Gasteiger partial charge in [-0.1, -0.05) is 42.5 Å². The van der Waals surface area contributed by atoms with Crippen molar-refractivity contribution in [2.75, 3.05) is 13.7 Å². The minimum atomic E-state index is -0.637. The molecule has 1 amide bonds. The number of likely N-dealkylation sites (tertiary alicyclic amines) is 1. The van der Waals surface area contributed by atoms with E-state index in [2.05, 4.69) is 24.3 Å². The van der Waals surface area contributed by atoms with Gasteiger partial charge in [-0.3, -0.25) is 4.90 Å². The van der Waals surface area contributed by atoms with Gasteiger partial charge in [0.05, 0.1) is 7.11 Å². The molecule has 5 nitrogen and oxygen atoms in total. The Morgan fingerprint density at radius 1 is 1.07 bits per heavy atom. The number of esters is 1. The maximum absolute atomic E-state index is 12.6. The number of piperidine rings is 1. The number of benzene rings is 2. The van der Waals surface area contributed by atoms with Crippen molar-refractivity contribution in [1.82, 2.24) is 4.90 Å². The molecule has 0 saturated carbocycles.